The fourth-order valence-electron chi connectivity index (χ4n) is 3.43. The number of aryl methyl sites for hydroxylation is 1. The van der Waals surface area contributed by atoms with Crippen LogP contribution in [-0.2, 0) is 14.8 Å². The Morgan fingerprint density at radius 1 is 1.36 bits per heavy atom. The molecule has 10 heteroatoms. The maximum absolute atomic E-state index is 12.7. The highest BCUT2D eigenvalue weighted by Gasteiger charge is 2.26. The lowest BCUT2D eigenvalue weighted by Gasteiger charge is -2.13. The minimum Gasteiger partial charge on any atom is -0.377 e. The number of sulfonamides is 1. The Morgan fingerprint density at radius 2 is 2.14 bits per heavy atom. The molecule has 2 fully saturated rings. The van der Waals surface area contributed by atoms with Crippen molar-refractivity contribution in [3.8, 4) is 10.6 Å². The van der Waals surface area contributed by atoms with E-state index in [1.54, 1.807) is 11.4 Å². The van der Waals surface area contributed by atoms with Crippen LogP contribution in [-0.4, -0.2) is 56.6 Å². The highest BCUT2D eigenvalue weighted by molar-refractivity contribution is 7.91. The second-order valence-electron chi connectivity index (χ2n) is 7.07. The monoisotopic (exact) mass is 441 g/mol. The average Bonchev–Trinajstić information content (AvgIpc) is 3.47. The molecule has 28 heavy (non-hydrogen) atoms. The smallest absolute Gasteiger partial charge is 0.265 e. The number of carbonyl (C=O) groups excluding carboxylic acids is 1. The molecule has 2 aliphatic rings. The third-order valence-electron chi connectivity index (χ3n) is 5.00. The van der Waals surface area contributed by atoms with Crippen LogP contribution in [0.1, 0.15) is 41.0 Å². The number of carbonyl (C=O) groups is 1. The van der Waals surface area contributed by atoms with E-state index < -0.39 is 10.0 Å². The van der Waals surface area contributed by atoms with Gasteiger partial charge in [-0.2, -0.15) is 0 Å². The average molecular weight is 442 g/mol. The molecule has 2 saturated heterocycles. The van der Waals surface area contributed by atoms with Gasteiger partial charge >= 0.3 is 0 Å². The van der Waals surface area contributed by atoms with Crippen LogP contribution < -0.4 is 4.72 Å². The quantitative estimate of drug-likeness (QED) is 0.745. The van der Waals surface area contributed by atoms with E-state index in [1.807, 2.05) is 11.8 Å². The van der Waals surface area contributed by atoms with E-state index in [0.717, 1.165) is 55.7 Å². The van der Waals surface area contributed by atoms with E-state index in [9.17, 15) is 13.2 Å². The van der Waals surface area contributed by atoms with E-state index in [-0.39, 0.29) is 16.2 Å². The summed E-state index contributed by atoms with van der Waals surface area (Å²) in [5.74, 6) is 0.0278. The molecular formula is C18H23N3O4S3. The van der Waals surface area contributed by atoms with Gasteiger partial charge in [0.05, 0.1) is 11.8 Å². The SMILES string of the molecule is Cc1nc(-c2csc(S(=O)(=O)NC[C@@H]3CCCO3)c2)sc1C(=O)N1CCCC1. The molecule has 7 nitrogen and oxygen atoms in total. The van der Waals surface area contributed by atoms with Crippen LogP contribution >= 0.6 is 22.7 Å². The Balaban J connectivity index is 1.49. The third-order valence-corrected chi connectivity index (χ3v) is 9.05. The Morgan fingerprint density at radius 3 is 2.86 bits per heavy atom. The Bertz CT molecular complexity index is 955. The minimum atomic E-state index is -3.58. The van der Waals surface area contributed by atoms with Crippen molar-refractivity contribution < 1.29 is 17.9 Å². The molecule has 0 radical (unpaired) electrons. The van der Waals surface area contributed by atoms with Gasteiger partial charge in [-0.15, -0.1) is 22.7 Å². The van der Waals surface area contributed by atoms with Gasteiger partial charge in [-0.1, -0.05) is 0 Å². The fourth-order valence-corrected chi connectivity index (χ4v) is 6.80. The zero-order valence-corrected chi connectivity index (χ0v) is 18.1. The van der Waals surface area contributed by atoms with E-state index in [4.69, 9.17) is 4.74 Å². The summed E-state index contributed by atoms with van der Waals surface area (Å²) in [6.07, 6.45) is 3.89. The van der Waals surface area contributed by atoms with Gasteiger partial charge in [-0.25, -0.2) is 18.1 Å². The van der Waals surface area contributed by atoms with Gasteiger partial charge in [0.15, 0.2) is 0 Å². The van der Waals surface area contributed by atoms with Crippen molar-refractivity contribution in [3.05, 3.63) is 22.0 Å². The molecule has 0 bridgehead atoms. The molecule has 1 atom stereocenters. The summed E-state index contributed by atoms with van der Waals surface area (Å²) in [7, 11) is -3.58. The number of aromatic nitrogens is 1. The highest BCUT2D eigenvalue weighted by atomic mass is 32.2. The maximum atomic E-state index is 12.7. The van der Waals surface area contributed by atoms with Crippen molar-refractivity contribution in [2.24, 2.45) is 0 Å². The first kappa shape index (κ1) is 20.0. The van der Waals surface area contributed by atoms with Crippen LogP contribution in [0.15, 0.2) is 15.7 Å². The summed E-state index contributed by atoms with van der Waals surface area (Å²) in [5, 5.41) is 2.46. The van der Waals surface area contributed by atoms with E-state index in [1.165, 1.54) is 11.3 Å². The van der Waals surface area contributed by atoms with Crippen LogP contribution in [0.2, 0.25) is 0 Å². The lowest BCUT2D eigenvalue weighted by Crippen LogP contribution is -2.31. The molecule has 0 spiro atoms. The summed E-state index contributed by atoms with van der Waals surface area (Å²) in [5.41, 5.74) is 1.43. The van der Waals surface area contributed by atoms with E-state index in [2.05, 4.69) is 9.71 Å². The molecule has 0 unspecified atom stereocenters. The summed E-state index contributed by atoms with van der Waals surface area (Å²) in [6.45, 7) is 4.40. The van der Waals surface area contributed by atoms with Crippen molar-refractivity contribution in [1.82, 2.24) is 14.6 Å². The number of amides is 1. The molecule has 4 rings (SSSR count). The normalized spacial score (nSPS) is 20.2. The summed E-state index contributed by atoms with van der Waals surface area (Å²) in [6, 6.07) is 1.63. The van der Waals surface area contributed by atoms with E-state index >= 15 is 0 Å². The van der Waals surface area contributed by atoms with Crippen molar-refractivity contribution >= 4 is 38.6 Å². The molecule has 1 N–H and O–H groups in total. The largest absolute Gasteiger partial charge is 0.377 e. The Hall–Kier alpha value is -1.33. The first-order chi connectivity index (χ1) is 13.4. The van der Waals surface area contributed by atoms with Crippen LogP contribution in [0.3, 0.4) is 0 Å². The number of nitrogens with zero attached hydrogens (tertiary/aromatic N) is 2. The van der Waals surface area contributed by atoms with Gasteiger partial charge < -0.3 is 9.64 Å². The van der Waals surface area contributed by atoms with Gasteiger partial charge in [0, 0.05) is 37.2 Å². The molecule has 0 saturated carbocycles. The van der Waals surface area contributed by atoms with Crippen LogP contribution in [0.4, 0.5) is 0 Å². The predicted octanol–water partition coefficient (Wildman–Crippen LogP) is 2.87. The first-order valence-electron chi connectivity index (χ1n) is 9.41. The number of hydrogen-bond donors (Lipinski definition) is 1. The standard InChI is InChI=1S/C18H23N3O4S3/c1-12-16(18(22)21-6-2-3-7-21)27-17(20-12)13-9-15(26-11-13)28(23,24)19-10-14-5-4-8-25-14/h9,11,14,19H,2-8,10H2,1H3/t14-/m0/s1. The minimum absolute atomic E-state index is 0.0278. The lowest BCUT2D eigenvalue weighted by molar-refractivity contribution is 0.0796. The van der Waals surface area contributed by atoms with Gasteiger partial charge in [0.1, 0.15) is 14.1 Å². The summed E-state index contributed by atoms with van der Waals surface area (Å²) in [4.78, 5) is 19.7. The molecular weight excluding hydrogens is 418 g/mol. The molecule has 1 amide bonds. The van der Waals surface area contributed by atoms with Gasteiger partial charge in [0.2, 0.25) is 10.0 Å². The molecule has 2 aromatic rings. The summed E-state index contributed by atoms with van der Waals surface area (Å²) < 4.78 is 33.5. The van der Waals surface area contributed by atoms with Gasteiger partial charge in [-0.05, 0) is 38.7 Å². The molecule has 2 aromatic heterocycles. The maximum Gasteiger partial charge on any atom is 0.265 e. The van der Waals surface area contributed by atoms with E-state index in [0.29, 0.717) is 28.7 Å². The van der Waals surface area contributed by atoms with Crippen LogP contribution in [0.25, 0.3) is 10.6 Å². The van der Waals surface area contributed by atoms with Crippen LogP contribution in [0, 0.1) is 6.92 Å². The molecule has 0 aromatic carbocycles. The lowest BCUT2D eigenvalue weighted by atomic mass is 10.2. The number of nitrogens with one attached hydrogen (secondary N) is 1. The topological polar surface area (TPSA) is 88.6 Å². The highest BCUT2D eigenvalue weighted by Crippen LogP contribution is 2.33. The number of likely N-dealkylation sites (tertiary alicyclic amines) is 1. The predicted molar refractivity (Wildman–Crippen MR) is 109 cm³/mol. The van der Waals surface area contributed by atoms with Gasteiger partial charge in [-0.3, -0.25) is 4.79 Å². The molecule has 0 aliphatic carbocycles. The fraction of sp³-hybridized carbons (Fsp3) is 0.556. The number of thiazole rings is 1. The number of thiophene rings is 1. The Kier molecular flexibility index (Phi) is 5.84. The molecule has 2 aliphatic heterocycles. The van der Waals surface area contributed by atoms with Crippen molar-refractivity contribution in [3.63, 3.8) is 0 Å². The zero-order valence-electron chi connectivity index (χ0n) is 15.6. The Labute approximate surface area is 172 Å². The molecule has 4 heterocycles. The second-order valence-corrected chi connectivity index (χ2v) is 11.0. The number of hydrogen-bond acceptors (Lipinski definition) is 7. The zero-order chi connectivity index (χ0) is 19.7. The number of rotatable bonds is 6. The van der Waals surface area contributed by atoms with Crippen molar-refractivity contribution in [1.29, 1.82) is 0 Å². The first-order valence-corrected chi connectivity index (χ1v) is 12.6. The van der Waals surface area contributed by atoms with Crippen molar-refractivity contribution in [2.75, 3.05) is 26.2 Å². The second kappa shape index (κ2) is 8.19. The number of ether oxygens (including phenoxy) is 1. The van der Waals surface area contributed by atoms with Gasteiger partial charge in [0.25, 0.3) is 5.91 Å². The summed E-state index contributed by atoms with van der Waals surface area (Å²) >= 11 is 2.50. The third kappa shape index (κ3) is 4.16. The van der Waals surface area contributed by atoms with Crippen LogP contribution in [0.5, 0.6) is 0 Å². The molecule has 152 valence electrons. The van der Waals surface area contributed by atoms with Crippen molar-refractivity contribution in [2.45, 2.75) is 42.9 Å².